The van der Waals surface area contributed by atoms with Gasteiger partial charge in [0.25, 0.3) is 0 Å². The van der Waals surface area contributed by atoms with Crippen LogP contribution in [0.5, 0.6) is 5.75 Å². The Bertz CT molecular complexity index is 408. The number of rotatable bonds is 7. The van der Waals surface area contributed by atoms with Gasteiger partial charge in [0.05, 0.1) is 6.10 Å². The molecule has 0 aliphatic heterocycles. The van der Waals surface area contributed by atoms with Gasteiger partial charge in [-0.3, -0.25) is 0 Å². The fourth-order valence-electron chi connectivity index (χ4n) is 3.27. The summed E-state index contributed by atoms with van der Waals surface area (Å²) in [6.07, 6.45) is 7.24. The van der Waals surface area contributed by atoms with Crippen molar-refractivity contribution in [3.8, 4) is 5.75 Å². The molecule has 1 saturated carbocycles. The van der Waals surface area contributed by atoms with Gasteiger partial charge in [0.2, 0.25) is 0 Å². The van der Waals surface area contributed by atoms with Crippen LogP contribution >= 0.6 is 0 Å². The maximum absolute atomic E-state index is 5.88. The van der Waals surface area contributed by atoms with Crippen molar-refractivity contribution >= 4 is 0 Å². The maximum Gasteiger partial charge on any atom is 0.124 e. The van der Waals surface area contributed by atoms with Crippen molar-refractivity contribution in [3.05, 3.63) is 29.8 Å². The molecule has 21 heavy (non-hydrogen) atoms. The molecule has 0 amide bonds. The predicted molar refractivity (Wildman–Crippen MR) is 89.7 cm³/mol. The lowest BCUT2D eigenvalue weighted by Gasteiger charge is -2.28. The zero-order valence-electron chi connectivity index (χ0n) is 13.9. The van der Waals surface area contributed by atoms with Gasteiger partial charge in [0.1, 0.15) is 5.75 Å². The second kappa shape index (κ2) is 8.43. The molecule has 0 aromatic heterocycles. The first-order chi connectivity index (χ1) is 10.2. The van der Waals surface area contributed by atoms with Gasteiger partial charge >= 0.3 is 0 Å². The lowest BCUT2D eigenvalue weighted by Crippen LogP contribution is -2.26. The highest BCUT2D eigenvalue weighted by atomic mass is 16.5. The summed E-state index contributed by atoms with van der Waals surface area (Å²) in [6, 6.07) is 8.38. The largest absolute Gasteiger partial charge is 0.491 e. The minimum absolute atomic E-state index is 0.232. The molecule has 0 bridgehead atoms. The maximum atomic E-state index is 5.88. The van der Waals surface area contributed by atoms with E-state index < -0.39 is 0 Å². The molecular weight excluding hydrogens is 258 g/mol. The van der Waals surface area contributed by atoms with Gasteiger partial charge in [0.15, 0.2) is 0 Å². The SMILES string of the molecule is CCC1CCC(CNCc2ccccc2OC(C)C)CC1. The van der Waals surface area contributed by atoms with Crippen molar-refractivity contribution in [2.75, 3.05) is 6.54 Å². The summed E-state index contributed by atoms with van der Waals surface area (Å²) >= 11 is 0. The normalized spacial score (nSPS) is 22.5. The summed E-state index contributed by atoms with van der Waals surface area (Å²) in [7, 11) is 0. The molecule has 0 unspecified atom stereocenters. The van der Waals surface area contributed by atoms with E-state index in [0.29, 0.717) is 0 Å². The topological polar surface area (TPSA) is 21.3 Å². The fraction of sp³-hybridized carbons (Fsp3) is 0.684. The van der Waals surface area contributed by atoms with Gasteiger partial charge in [-0.05, 0) is 51.1 Å². The monoisotopic (exact) mass is 289 g/mol. The van der Waals surface area contributed by atoms with Crippen LogP contribution in [0.25, 0.3) is 0 Å². The minimum Gasteiger partial charge on any atom is -0.491 e. The molecule has 0 heterocycles. The van der Waals surface area contributed by atoms with E-state index in [2.05, 4.69) is 44.3 Å². The zero-order chi connectivity index (χ0) is 15.1. The third-order valence-electron chi connectivity index (χ3n) is 4.63. The lowest BCUT2D eigenvalue weighted by molar-refractivity contribution is 0.238. The molecule has 0 spiro atoms. The number of benzene rings is 1. The second-order valence-electron chi connectivity index (χ2n) is 6.70. The minimum atomic E-state index is 0.232. The highest BCUT2D eigenvalue weighted by Gasteiger charge is 2.19. The Morgan fingerprint density at radius 2 is 1.76 bits per heavy atom. The van der Waals surface area contributed by atoms with Crippen LogP contribution in [0.1, 0.15) is 58.4 Å². The van der Waals surface area contributed by atoms with Crippen LogP contribution < -0.4 is 10.1 Å². The number of hydrogen-bond donors (Lipinski definition) is 1. The molecule has 1 aliphatic rings. The number of hydrogen-bond acceptors (Lipinski definition) is 2. The Balaban J connectivity index is 1.76. The molecule has 1 aromatic carbocycles. The van der Waals surface area contributed by atoms with Gasteiger partial charge in [-0.2, -0.15) is 0 Å². The second-order valence-corrected chi connectivity index (χ2v) is 6.70. The summed E-state index contributed by atoms with van der Waals surface area (Å²) < 4.78 is 5.88. The van der Waals surface area contributed by atoms with Crippen molar-refractivity contribution in [3.63, 3.8) is 0 Å². The highest BCUT2D eigenvalue weighted by molar-refractivity contribution is 5.33. The number of nitrogens with one attached hydrogen (secondary N) is 1. The van der Waals surface area contributed by atoms with Crippen LogP contribution in [0.15, 0.2) is 24.3 Å². The van der Waals surface area contributed by atoms with Crippen LogP contribution in [0, 0.1) is 11.8 Å². The van der Waals surface area contributed by atoms with E-state index in [1.807, 2.05) is 6.07 Å². The van der Waals surface area contributed by atoms with E-state index in [1.165, 1.54) is 37.7 Å². The van der Waals surface area contributed by atoms with Crippen molar-refractivity contribution < 1.29 is 4.74 Å². The first kappa shape index (κ1) is 16.4. The van der Waals surface area contributed by atoms with Gasteiger partial charge in [-0.15, -0.1) is 0 Å². The standard InChI is InChI=1S/C19H31NO/c1-4-16-9-11-17(12-10-16)13-20-14-18-7-5-6-8-19(18)21-15(2)3/h5-8,15-17,20H,4,9-14H2,1-3H3. The molecule has 1 aliphatic carbocycles. The summed E-state index contributed by atoms with van der Waals surface area (Å²) in [5.74, 6) is 2.88. The third-order valence-corrected chi connectivity index (χ3v) is 4.63. The molecule has 0 radical (unpaired) electrons. The van der Waals surface area contributed by atoms with Gasteiger partial charge in [0, 0.05) is 12.1 Å². The average Bonchev–Trinajstić information content (AvgIpc) is 2.49. The lowest BCUT2D eigenvalue weighted by atomic mass is 9.81. The Hall–Kier alpha value is -1.02. The Labute approximate surface area is 130 Å². The van der Waals surface area contributed by atoms with Crippen LogP contribution in [0.4, 0.5) is 0 Å². The molecule has 1 aromatic rings. The fourth-order valence-corrected chi connectivity index (χ4v) is 3.27. The first-order valence-corrected chi connectivity index (χ1v) is 8.64. The van der Waals surface area contributed by atoms with E-state index in [4.69, 9.17) is 4.74 Å². The Morgan fingerprint density at radius 3 is 2.43 bits per heavy atom. The number of para-hydroxylation sites is 1. The van der Waals surface area contributed by atoms with Crippen LogP contribution in [-0.4, -0.2) is 12.6 Å². The van der Waals surface area contributed by atoms with E-state index in [9.17, 15) is 0 Å². The molecule has 118 valence electrons. The van der Waals surface area contributed by atoms with Crippen molar-refractivity contribution in [2.45, 2.75) is 65.5 Å². The van der Waals surface area contributed by atoms with E-state index >= 15 is 0 Å². The molecule has 0 saturated heterocycles. The smallest absolute Gasteiger partial charge is 0.124 e. The highest BCUT2D eigenvalue weighted by Crippen LogP contribution is 2.30. The van der Waals surface area contributed by atoms with Crippen LogP contribution in [0.3, 0.4) is 0 Å². The summed E-state index contributed by atoms with van der Waals surface area (Å²) in [5.41, 5.74) is 1.27. The molecule has 2 rings (SSSR count). The molecular formula is C19H31NO. The van der Waals surface area contributed by atoms with Crippen molar-refractivity contribution in [1.29, 1.82) is 0 Å². The van der Waals surface area contributed by atoms with Gasteiger partial charge in [-0.1, -0.05) is 44.4 Å². The predicted octanol–water partition coefficient (Wildman–Crippen LogP) is 4.78. The summed E-state index contributed by atoms with van der Waals surface area (Å²) in [4.78, 5) is 0. The molecule has 2 heteroatoms. The zero-order valence-corrected chi connectivity index (χ0v) is 13.9. The first-order valence-electron chi connectivity index (χ1n) is 8.64. The van der Waals surface area contributed by atoms with Gasteiger partial charge in [-0.25, -0.2) is 0 Å². The summed E-state index contributed by atoms with van der Waals surface area (Å²) in [6.45, 7) is 8.55. The van der Waals surface area contributed by atoms with E-state index in [-0.39, 0.29) is 6.10 Å². The van der Waals surface area contributed by atoms with Crippen molar-refractivity contribution in [2.24, 2.45) is 11.8 Å². The quantitative estimate of drug-likeness (QED) is 0.780. The Morgan fingerprint density at radius 1 is 1.10 bits per heavy atom. The number of ether oxygens (including phenoxy) is 1. The Kier molecular flexibility index (Phi) is 6.56. The molecule has 2 nitrogen and oxygen atoms in total. The molecule has 1 fully saturated rings. The van der Waals surface area contributed by atoms with Crippen molar-refractivity contribution in [1.82, 2.24) is 5.32 Å². The van der Waals surface area contributed by atoms with Crippen LogP contribution in [0.2, 0.25) is 0 Å². The van der Waals surface area contributed by atoms with E-state index in [0.717, 1.165) is 30.7 Å². The third kappa shape index (κ3) is 5.35. The molecule has 1 N–H and O–H groups in total. The average molecular weight is 289 g/mol. The summed E-state index contributed by atoms with van der Waals surface area (Å²) in [5, 5.41) is 3.64. The van der Waals surface area contributed by atoms with Crippen LogP contribution in [-0.2, 0) is 6.54 Å². The molecule has 0 atom stereocenters. The van der Waals surface area contributed by atoms with E-state index in [1.54, 1.807) is 0 Å². The van der Waals surface area contributed by atoms with Gasteiger partial charge < -0.3 is 10.1 Å².